The number of likely N-dealkylation sites (tertiary alicyclic amines) is 1. The van der Waals surface area contributed by atoms with Crippen molar-refractivity contribution in [2.24, 2.45) is 5.73 Å². The SMILES string of the molecule is Cl.NC1CCCN(C(=O)c2ccc(Oc3cccc(Cl)c3)cc2)C1. The molecule has 0 radical (unpaired) electrons. The van der Waals surface area contributed by atoms with Crippen LogP contribution in [0.3, 0.4) is 0 Å². The molecule has 1 saturated heterocycles. The van der Waals surface area contributed by atoms with Gasteiger partial charge in [0.25, 0.3) is 5.91 Å². The summed E-state index contributed by atoms with van der Waals surface area (Å²) < 4.78 is 5.73. The number of hydrogen-bond donors (Lipinski definition) is 1. The molecule has 1 atom stereocenters. The second-order valence-electron chi connectivity index (χ2n) is 5.74. The van der Waals surface area contributed by atoms with Gasteiger partial charge in [0.15, 0.2) is 0 Å². The van der Waals surface area contributed by atoms with Gasteiger partial charge in [-0.25, -0.2) is 0 Å². The molecular formula is C18H20Cl2N2O2. The third-order valence-electron chi connectivity index (χ3n) is 3.88. The van der Waals surface area contributed by atoms with E-state index in [0.717, 1.165) is 19.4 Å². The average molecular weight is 367 g/mol. The highest BCUT2D eigenvalue weighted by Crippen LogP contribution is 2.24. The van der Waals surface area contributed by atoms with Gasteiger partial charge < -0.3 is 15.4 Å². The number of benzene rings is 2. The van der Waals surface area contributed by atoms with Crippen molar-refractivity contribution in [2.75, 3.05) is 13.1 Å². The van der Waals surface area contributed by atoms with E-state index in [4.69, 9.17) is 22.1 Å². The topological polar surface area (TPSA) is 55.6 Å². The molecular weight excluding hydrogens is 347 g/mol. The molecule has 0 spiro atoms. The van der Waals surface area contributed by atoms with Crippen molar-refractivity contribution < 1.29 is 9.53 Å². The predicted molar refractivity (Wildman–Crippen MR) is 98.3 cm³/mol. The molecule has 1 aliphatic rings. The Morgan fingerprint density at radius 3 is 2.58 bits per heavy atom. The normalized spacial score (nSPS) is 17.1. The minimum absolute atomic E-state index is 0. The standard InChI is InChI=1S/C18H19ClN2O2.ClH/c19-14-3-1-5-17(11-14)23-16-8-6-13(7-9-16)18(22)21-10-2-4-15(20)12-21;/h1,3,5-9,11,15H,2,4,10,12,20H2;1H. The summed E-state index contributed by atoms with van der Waals surface area (Å²) in [6.45, 7) is 1.40. The molecule has 6 heteroatoms. The molecule has 0 bridgehead atoms. The first-order valence-electron chi connectivity index (χ1n) is 7.70. The summed E-state index contributed by atoms with van der Waals surface area (Å²) in [7, 11) is 0. The van der Waals surface area contributed by atoms with Crippen LogP contribution in [0.4, 0.5) is 0 Å². The van der Waals surface area contributed by atoms with E-state index in [-0.39, 0.29) is 24.4 Å². The molecule has 2 aromatic carbocycles. The van der Waals surface area contributed by atoms with Crippen molar-refractivity contribution in [2.45, 2.75) is 18.9 Å². The van der Waals surface area contributed by atoms with Crippen LogP contribution in [0.15, 0.2) is 48.5 Å². The van der Waals surface area contributed by atoms with Crippen LogP contribution < -0.4 is 10.5 Å². The van der Waals surface area contributed by atoms with Gasteiger partial charge in [-0.1, -0.05) is 17.7 Å². The van der Waals surface area contributed by atoms with Crippen LogP contribution in [-0.2, 0) is 0 Å². The van der Waals surface area contributed by atoms with Gasteiger partial charge in [0, 0.05) is 29.7 Å². The number of nitrogens with two attached hydrogens (primary N) is 1. The molecule has 0 saturated carbocycles. The largest absolute Gasteiger partial charge is 0.457 e. The fourth-order valence-corrected chi connectivity index (χ4v) is 2.89. The number of carbonyl (C=O) groups excluding carboxylic acids is 1. The Bertz CT molecular complexity index is 692. The molecule has 24 heavy (non-hydrogen) atoms. The third kappa shape index (κ3) is 4.63. The van der Waals surface area contributed by atoms with Gasteiger partial charge in [0.1, 0.15) is 11.5 Å². The number of rotatable bonds is 3. The highest BCUT2D eigenvalue weighted by molar-refractivity contribution is 6.30. The molecule has 3 rings (SSSR count). The van der Waals surface area contributed by atoms with E-state index in [1.165, 1.54) is 0 Å². The van der Waals surface area contributed by atoms with Crippen LogP contribution >= 0.6 is 24.0 Å². The molecule has 2 N–H and O–H groups in total. The van der Waals surface area contributed by atoms with E-state index >= 15 is 0 Å². The molecule has 1 fully saturated rings. The summed E-state index contributed by atoms with van der Waals surface area (Å²) >= 11 is 5.94. The van der Waals surface area contributed by atoms with E-state index < -0.39 is 0 Å². The van der Waals surface area contributed by atoms with Crippen molar-refractivity contribution in [3.05, 3.63) is 59.1 Å². The zero-order valence-electron chi connectivity index (χ0n) is 13.2. The maximum absolute atomic E-state index is 12.5. The van der Waals surface area contributed by atoms with Crippen molar-refractivity contribution in [1.29, 1.82) is 0 Å². The van der Waals surface area contributed by atoms with Gasteiger partial charge in [-0.05, 0) is 55.3 Å². The summed E-state index contributed by atoms with van der Waals surface area (Å²) in [5, 5.41) is 0.621. The lowest BCUT2D eigenvalue weighted by Crippen LogP contribution is -2.45. The lowest BCUT2D eigenvalue weighted by atomic mass is 10.1. The van der Waals surface area contributed by atoms with Crippen molar-refractivity contribution in [1.82, 2.24) is 4.90 Å². The zero-order chi connectivity index (χ0) is 16.2. The lowest BCUT2D eigenvalue weighted by Gasteiger charge is -2.30. The van der Waals surface area contributed by atoms with Crippen LogP contribution in [-0.4, -0.2) is 29.9 Å². The molecule has 0 aliphatic carbocycles. The number of carbonyl (C=O) groups is 1. The van der Waals surface area contributed by atoms with E-state index in [0.29, 0.717) is 28.6 Å². The molecule has 1 amide bonds. The zero-order valence-corrected chi connectivity index (χ0v) is 14.7. The molecule has 4 nitrogen and oxygen atoms in total. The smallest absolute Gasteiger partial charge is 0.253 e. The second kappa shape index (κ2) is 8.38. The average Bonchev–Trinajstić information content (AvgIpc) is 2.55. The number of halogens is 2. The minimum atomic E-state index is 0. The molecule has 1 unspecified atom stereocenters. The first-order valence-corrected chi connectivity index (χ1v) is 8.08. The van der Waals surface area contributed by atoms with Crippen molar-refractivity contribution in [3.63, 3.8) is 0 Å². The summed E-state index contributed by atoms with van der Waals surface area (Å²) in [6.07, 6.45) is 1.94. The van der Waals surface area contributed by atoms with E-state index in [1.807, 2.05) is 17.0 Å². The van der Waals surface area contributed by atoms with Crippen LogP contribution in [0.1, 0.15) is 23.2 Å². The van der Waals surface area contributed by atoms with Crippen LogP contribution in [0.2, 0.25) is 5.02 Å². The molecule has 128 valence electrons. The first kappa shape index (κ1) is 18.6. The van der Waals surface area contributed by atoms with Gasteiger partial charge in [-0.3, -0.25) is 4.79 Å². The van der Waals surface area contributed by atoms with E-state index in [1.54, 1.807) is 36.4 Å². The summed E-state index contributed by atoms with van der Waals surface area (Å²) in [5.41, 5.74) is 6.59. The fourth-order valence-electron chi connectivity index (χ4n) is 2.71. The summed E-state index contributed by atoms with van der Waals surface area (Å²) in [5.74, 6) is 1.35. The molecule has 1 heterocycles. The van der Waals surface area contributed by atoms with Gasteiger partial charge in [-0.2, -0.15) is 0 Å². The van der Waals surface area contributed by atoms with E-state index in [2.05, 4.69) is 0 Å². The highest BCUT2D eigenvalue weighted by atomic mass is 35.5. The molecule has 0 aromatic heterocycles. The number of ether oxygens (including phenoxy) is 1. The molecule has 1 aliphatic heterocycles. The first-order chi connectivity index (χ1) is 11.1. The van der Waals surface area contributed by atoms with Gasteiger partial charge >= 0.3 is 0 Å². The van der Waals surface area contributed by atoms with Crippen LogP contribution in [0.5, 0.6) is 11.5 Å². The number of piperidine rings is 1. The maximum Gasteiger partial charge on any atom is 0.253 e. The maximum atomic E-state index is 12.5. The highest BCUT2D eigenvalue weighted by Gasteiger charge is 2.22. The summed E-state index contributed by atoms with van der Waals surface area (Å²) in [6, 6.07) is 14.4. The minimum Gasteiger partial charge on any atom is -0.457 e. The fraction of sp³-hybridized carbons (Fsp3) is 0.278. The Labute approximate surface area is 153 Å². The van der Waals surface area contributed by atoms with Gasteiger partial charge in [-0.15, -0.1) is 12.4 Å². The lowest BCUT2D eigenvalue weighted by molar-refractivity contribution is 0.0709. The van der Waals surface area contributed by atoms with Gasteiger partial charge in [0.05, 0.1) is 0 Å². The van der Waals surface area contributed by atoms with Crippen LogP contribution in [0, 0.1) is 0 Å². The summed E-state index contributed by atoms with van der Waals surface area (Å²) in [4.78, 5) is 14.3. The monoisotopic (exact) mass is 366 g/mol. The second-order valence-corrected chi connectivity index (χ2v) is 6.17. The quantitative estimate of drug-likeness (QED) is 0.888. The Morgan fingerprint density at radius 2 is 1.92 bits per heavy atom. The predicted octanol–water partition coefficient (Wildman–Crippen LogP) is 4.12. The van der Waals surface area contributed by atoms with Crippen LogP contribution in [0.25, 0.3) is 0 Å². The van der Waals surface area contributed by atoms with Crippen molar-refractivity contribution in [3.8, 4) is 11.5 Å². The Morgan fingerprint density at radius 1 is 1.17 bits per heavy atom. The molecule has 2 aromatic rings. The third-order valence-corrected chi connectivity index (χ3v) is 4.11. The Kier molecular flexibility index (Phi) is 6.49. The number of hydrogen-bond acceptors (Lipinski definition) is 3. The van der Waals surface area contributed by atoms with Crippen molar-refractivity contribution >= 4 is 29.9 Å². The Hall–Kier alpha value is -1.75. The number of nitrogens with zero attached hydrogens (tertiary/aromatic N) is 1. The van der Waals surface area contributed by atoms with Gasteiger partial charge in [0.2, 0.25) is 0 Å². The number of amides is 1. The van der Waals surface area contributed by atoms with E-state index in [9.17, 15) is 4.79 Å². The Balaban J connectivity index is 0.00000208.